The number of likely N-dealkylation sites (tertiary alicyclic amines) is 1. The minimum Gasteiger partial charge on any atom is -0.376 e. The monoisotopic (exact) mass is 328 g/mol. The second-order valence-electron chi connectivity index (χ2n) is 7.06. The van der Waals surface area contributed by atoms with Crippen molar-refractivity contribution in [3.8, 4) is 0 Å². The van der Waals surface area contributed by atoms with Gasteiger partial charge in [0.2, 0.25) is 5.82 Å². The fraction of sp³-hybridized carbons (Fsp3) is 0.611. The van der Waals surface area contributed by atoms with Gasteiger partial charge < -0.3 is 9.64 Å². The van der Waals surface area contributed by atoms with Crippen LogP contribution in [0.25, 0.3) is 0 Å². The standard InChI is InChI=1S/C18H25N5O/c1-14-6-8-15(9-7-14)17(22-10-2-3-11-22)18-19-20-21-23(18)13-16-5-4-12-24-16/h6-9,16-17H,2-5,10-13H2,1H3/p+1/t16-,17+/m0/s1. The highest BCUT2D eigenvalue weighted by atomic mass is 16.5. The fourth-order valence-corrected chi connectivity index (χ4v) is 3.97. The third-order valence-corrected chi connectivity index (χ3v) is 5.28. The first-order chi connectivity index (χ1) is 11.8. The van der Waals surface area contributed by atoms with Crippen LogP contribution in [0.4, 0.5) is 0 Å². The second kappa shape index (κ2) is 6.99. The number of benzene rings is 1. The molecule has 2 atom stereocenters. The van der Waals surface area contributed by atoms with E-state index in [1.165, 1.54) is 37.1 Å². The average Bonchev–Trinajstić information content (AvgIpc) is 3.34. The molecule has 0 spiro atoms. The number of aryl methyl sites for hydroxylation is 1. The summed E-state index contributed by atoms with van der Waals surface area (Å²) in [5, 5.41) is 12.7. The van der Waals surface area contributed by atoms with Crippen LogP contribution in [0, 0.1) is 6.92 Å². The lowest BCUT2D eigenvalue weighted by Gasteiger charge is -2.24. The molecule has 1 N–H and O–H groups in total. The van der Waals surface area contributed by atoms with Crippen molar-refractivity contribution >= 4 is 0 Å². The number of tetrazole rings is 1. The maximum absolute atomic E-state index is 5.78. The molecule has 6 heteroatoms. The number of rotatable bonds is 5. The number of ether oxygens (including phenoxy) is 1. The first-order valence-corrected chi connectivity index (χ1v) is 9.10. The lowest BCUT2D eigenvalue weighted by atomic mass is 10.0. The summed E-state index contributed by atoms with van der Waals surface area (Å²) in [6.07, 6.45) is 5.06. The number of hydrogen-bond acceptors (Lipinski definition) is 4. The quantitative estimate of drug-likeness (QED) is 0.887. The largest absolute Gasteiger partial charge is 0.376 e. The summed E-state index contributed by atoms with van der Waals surface area (Å²) in [5.74, 6) is 0.978. The highest BCUT2D eigenvalue weighted by Gasteiger charge is 2.34. The summed E-state index contributed by atoms with van der Waals surface area (Å²) in [6.45, 7) is 6.12. The van der Waals surface area contributed by atoms with Gasteiger partial charge in [0, 0.05) is 25.0 Å². The summed E-state index contributed by atoms with van der Waals surface area (Å²) < 4.78 is 7.76. The summed E-state index contributed by atoms with van der Waals surface area (Å²) in [5.41, 5.74) is 2.59. The van der Waals surface area contributed by atoms with Crippen LogP contribution < -0.4 is 4.90 Å². The molecule has 0 saturated carbocycles. The van der Waals surface area contributed by atoms with E-state index >= 15 is 0 Å². The van der Waals surface area contributed by atoms with Gasteiger partial charge in [0.25, 0.3) is 0 Å². The second-order valence-corrected chi connectivity index (χ2v) is 7.06. The molecule has 0 radical (unpaired) electrons. The molecule has 0 amide bonds. The van der Waals surface area contributed by atoms with Gasteiger partial charge in [0.05, 0.1) is 25.7 Å². The van der Waals surface area contributed by atoms with E-state index in [2.05, 4.69) is 46.7 Å². The molecular formula is C18H26N5O+. The Morgan fingerprint density at radius 3 is 2.71 bits per heavy atom. The minimum absolute atomic E-state index is 0.213. The van der Waals surface area contributed by atoms with Gasteiger partial charge in [-0.25, -0.2) is 4.68 Å². The Morgan fingerprint density at radius 1 is 1.21 bits per heavy atom. The molecule has 0 unspecified atom stereocenters. The molecule has 6 nitrogen and oxygen atoms in total. The fourth-order valence-electron chi connectivity index (χ4n) is 3.97. The van der Waals surface area contributed by atoms with E-state index in [-0.39, 0.29) is 12.1 Å². The Bertz CT molecular complexity index is 656. The summed E-state index contributed by atoms with van der Waals surface area (Å²) in [4.78, 5) is 1.57. The summed E-state index contributed by atoms with van der Waals surface area (Å²) >= 11 is 0. The number of quaternary nitrogens is 1. The normalized spacial score (nSPS) is 23.0. The molecule has 3 heterocycles. The molecule has 128 valence electrons. The van der Waals surface area contributed by atoms with E-state index in [4.69, 9.17) is 4.74 Å². The molecule has 2 aliphatic rings. The maximum Gasteiger partial charge on any atom is 0.214 e. The third-order valence-electron chi connectivity index (χ3n) is 5.28. The van der Waals surface area contributed by atoms with Crippen LogP contribution in [-0.2, 0) is 11.3 Å². The number of hydrogen-bond donors (Lipinski definition) is 1. The molecular weight excluding hydrogens is 302 g/mol. The van der Waals surface area contributed by atoms with E-state index in [9.17, 15) is 0 Å². The Labute approximate surface area is 142 Å². The van der Waals surface area contributed by atoms with Crippen LogP contribution in [0.1, 0.15) is 48.7 Å². The van der Waals surface area contributed by atoms with Crippen LogP contribution >= 0.6 is 0 Å². The maximum atomic E-state index is 5.78. The van der Waals surface area contributed by atoms with Crippen LogP contribution in [-0.4, -0.2) is 46.0 Å². The first-order valence-electron chi connectivity index (χ1n) is 9.10. The first kappa shape index (κ1) is 15.7. The van der Waals surface area contributed by atoms with E-state index in [0.717, 1.165) is 31.8 Å². The third kappa shape index (κ3) is 3.21. The predicted octanol–water partition coefficient (Wildman–Crippen LogP) is 0.929. The molecule has 2 aliphatic heterocycles. The van der Waals surface area contributed by atoms with Gasteiger partial charge in [-0.2, -0.15) is 0 Å². The minimum atomic E-state index is 0.213. The van der Waals surface area contributed by atoms with Crippen molar-refractivity contribution < 1.29 is 9.64 Å². The van der Waals surface area contributed by atoms with Crippen LogP contribution in [0.15, 0.2) is 24.3 Å². The Balaban J connectivity index is 1.65. The molecule has 2 fully saturated rings. The van der Waals surface area contributed by atoms with Gasteiger partial charge in [-0.15, -0.1) is 5.10 Å². The Morgan fingerprint density at radius 2 is 2.00 bits per heavy atom. The predicted molar refractivity (Wildman–Crippen MR) is 89.7 cm³/mol. The van der Waals surface area contributed by atoms with Gasteiger partial charge in [0.1, 0.15) is 0 Å². The molecule has 4 rings (SSSR count). The van der Waals surface area contributed by atoms with Crippen LogP contribution in [0.2, 0.25) is 0 Å². The van der Waals surface area contributed by atoms with E-state index in [1.807, 2.05) is 4.68 Å². The molecule has 24 heavy (non-hydrogen) atoms. The lowest BCUT2D eigenvalue weighted by Crippen LogP contribution is -3.10. The molecule has 0 aliphatic carbocycles. The van der Waals surface area contributed by atoms with E-state index in [0.29, 0.717) is 0 Å². The zero-order valence-electron chi connectivity index (χ0n) is 14.3. The highest BCUT2D eigenvalue weighted by molar-refractivity contribution is 5.26. The van der Waals surface area contributed by atoms with Gasteiger partial charge in [-0.1, -0.05) is 29.8 Å². The SMILES string of the molecule is Cc1ccc([C@H](c2nnnn2C[C@@H]2CCCO2)[NH+]2CCCC2)cc1. The van der Waals surface area contributed by atoms with Crippen molar-refractivity contribution in [3.63, 3.8) is 0 Å². The van der Waals surface area contributed by atoms with Gasteiger partial charge in [-0.05, 0) is 30.2 Å². The van der Waals surface area contributed by atoms with Crippen molar-refractivity contribution in [2.45, 2.75) is 51.3 Å². The number of nitrogens with one attached hydrogen (secondary N) is 1. The topological polar surface area (TPSA) is 57.3 Å². The van der Waals surface area contributed by atoms with Crippen molar-refractivity contribution in [1.82, 2.24) is 20.2 Å². The van der Waals surface area contributed by atoms with Crippen molar-refractivity contribution in [2.24, 2.45) is 0 Å². The van der Waals surface area contributed by atoms with Crippen LogP contribution in [0.5, 0.6) is 0 Å². The summed E-state index contributed by atoms with van der Waals surface area (Å²) in [7, 11) is 0. The van der Waals surface area contributed by atoms with Gasteiger partial charge in [0.15, 0.2) is 6.04 Å². The number of aromatic nitrogens is 4. The summed E-state index contributed by atoms with van der Waals surface area (Å²) in [6, 6.07) is 9.05. The lowest BCUT2D eigenvalue weighted by molar-refractivity contribution is -0.914. The Hall–Kier alpha value is -1.79. The zero-order chi connectivity index (χ0) is 16.4. The smallest absolute Gasteiger partial charge is 0.214 e. The molecule has 1 aromatic heterocycles. The molecule has 0 bridgehead atoms. The van der Waals surface area contributed by atoms with Crippen molar-refractivity contribution in [2.75, 3.05) is 19.7 Å². The van der Waals surface area contributed by atoms with E-state index in [1.54, 1.807) is 4.90 Å². The zero-order valence-corrected chi connectivity index (χ0v) is 14.3. The van der Waals surface area contributed by atoms with E-state index < -0.39 is 0 Å². The van der Waals surface area contributed by atoms with Crippen molar-refractivity contribution in [3.05, 3.63) is 41.2 Å². The van der Waals surface area contributed by atoms with Gasteiger partial charge in [-0.3, -0.25) is 0 Å². The Kier molecular flexibility index (Phi) is 4.58. The van der Waals surface area contributed by atoms with Crippen molar-refractivity contribution in [1.29, 1.82) is 0 Å². The molecule has 1 aromatic carbocycles. The highest BCUT2D eigenvalue weighted by Crippen LogP contribution is 2.21. The molecule has 2 aromatic rings. The van der Waals surface area contributed by atoms with Crippen LogP contribution in [0.3, 0.4) is 0 Å². The number of nitrogens with zero attached hydrogens (tertiary/aromatic N) is 4. The van der Waals surface area contributed by atoms with Gasteiger partial charge >= 0.3 is 0 Å². The average molecular weight is 328 g/mol. The molecule has 2 saturated heterocycles.